The summed E-state index contributed by atoms with van der Waals surface area (Å²) in [5.41, 5.74) is 3.46. The summed E-state index contributed by atoms with van der Waals surface area (Å²) in [6.07, 6.45) is 4.57. The number of hydrogen-bond donors (Lipinski definition) is 3. The molecule has 0 spiro atoms. The molecule has 4 rings (SSSR count). The fraction of sp³-hybridized carbons (Fsp3) is 0.538. The number of methoxy groups -OCH3 is 1. The van der Waals surface area contributed by atoms with Crippen LogP contribution in [-0.2, 0) is 4.74 Å². The standard InChI is InChI=1S/C26H37N5O4/c1-17(2)31-26-23(14-28-31)25(29-19-7-5-6-8-34-15-19)12-24(30-26)18-9-21(33-4)11-22(10-18)35-16-20(32)13-27-3/h9-12,14,17,19-20,27,32H,5-8,13,15-16H2,1-4H3,(H,29,30). The molecule has 1 aromatic carbocycles. The zero-order valence-electron chi connectivity index (χ0n) is 21.1. The summed E-state index contributed by atoms with van der Waals surface area (Å²) >= 11 is 0. The van der Waals surface area contributed by atoms with Crippen molar-refractivity contribution in [1.29, 1.82) is 0 Å². The highest BCUT2D eigenvalue weighted by Crippen LogP contribution is 2.34. The van der Waals surface area contributed by atoms with Crippen molar-refractivity contribution in [1.82, 2.24) is 20.1 Å². The van der Waals surface area contributed by atoms with E-state index in [2.05, 4.69) is 35.6 Å². The quantitative estimate of drug-likeness (QED) is 0.402. The third-order valence-electron chi connectivity index (χ3n) is 6.12. The van der Waals surface area contributed by atoms with Crippen LogP contribution in [0.2, 0.25) is 0 Å². The zero-order valence-corrected chi connectivity index (χ0v) is 21.1. The van der Waals surface area contributed by atoms with E-state index in [4.69, 9.17) is 19.2 Å². The Morgan fingerprint density at radius 1 is 1.20 bits per heavy atom. The van der Waals surface area contributed by atoms with Gasteiger partial charge in [-0.15, -0.1) is 0 Å². The first-order valence-electron chi connectivity index (χ1n) is 12.4. The molecule has 9 heteroatoms. The fourth-order valence-corrected chi connectivity index (χ4v) is 4.31. The van der Waals surface area contributed by atoms with E-state index in [0.717, 1.165) is 53.8 Å². The number of nitrogens with one attached hydrogen (secondary N) is 2. The first kappa shape index (κ1) is 25.2. The molecule has 1 fully saturated rings. The Labute approximate surface area is 206 Å². The highest BCUT2D eigenvalue weighted by Gasteiger charge is 2.19. The van der Waals surface area contributed by atoms with Gasteiger partial charge in [0.05, 0.1) is 31.0 Å². The van der Waals surface area contributed by atoms with Crippen molar-refractivity contribution in [3.05, 3.63) is 30.5 Å². The minimum Gasteiger partial charge on any atom is -0.497 e. The number of rotatable bonds is 10. The maximum absolute atomic E-state index is 10.1. The monoisotopic (exact) mass is 483 g/mol. The van der Waals surface area contributed by atoms with Crippen molar-refractivity contribution in [2.45, 2.75) is 51.3 Å². The molecule has 0 amide bonds. The van der Waals surface area contributed by atoms with Crippen LogP contribution in [0, 0.1) is 0 Å². The van der Waals surface area contributed by atoms with Gasteiger partial charge in [0.2, 0.25) is 0 Å². The normalized spacial score (nSPS) is 17.4. The average Bonchev–Trinajstić information content (AvgIpc) is 3.13. The highest BCUT2D eigenvalue weighted by molar-refractivity contribution is 5.92. The lowest BCUT2D eigenvalue weighted by Gasteiger charge is -2.19. The lowest BCUT2D eigenvalue weighted by Crippen LogP contribution is -2.29. The number of aromatic nitrogens is 3. The summed E-state index contributed by atoms with van der Waals surface area (Å²) in [6.45, 7) is 6.32. The molecular formula is C26H37N5O4. The second-order valence-corrected chi connectivity index (χ2v) is 9.31. The Kier molecular flexibility index (Phi) is 8.43. The summed E-state index contributed by atoms with van der Waals surface area (Å²) in [5.74, 6) is 1.27. The smallest absolute Gasteiger partial charge is 0.160 e. The van der Waals surface area contributed by atoms with Gasteiger partial charge >= 0.3 is 0 Å². The Hall–Kier alpha value is -2.88. The number of anilines is 1. The Balaban J connectivity index is 1.73. The van der Waals surface area contributed by atoms with Gasteiger partial charge in [0, 0.05) is 42.6 Å². The molecule has 2 aromatic heterocycles. The maximum Gasteiger partial charge on any atom is 0.160 e. The molecule has 2 atom stereocenters. The SMILES string of the molecule is CNCC(O)COc1cc(OC)cc(-c2cc(NC3CCCCOC3)c3cnn(C(C)C)c3n2)c1. The summed E-state index contributed by atoms with van der Waals surface area (Å²) in [5, 5.41) is 22.3. The van der Waals surface area contributed by atoms with E-state index in [1.807, 2.05) is 29.1 Å². The topological polar surface area (TPSA) is 103 Å². The summed E-state index contributed by atoms with van der Waals surface area (Å²) in [7, 11) is 3.42. The van der Waals surface area contributed by atoms with Crippen LogP contribution in [0.25, 0.3) is 22.3 Å². The van der Waals surface area contributed by atoms with E-state index in [1.54, 1.807) is 14.2 Å². The molecule has 3 N–H and O–H groups in total. The zero-order chi connectivity index (χ0) is 24.8. The largest absolute Gasteiger partial charge is 0.497 e. The van der Waals surface area contributed by atoms with Crippen LogP contribution in [-0.4, -0.2) is 72.5 Å². The van der Waals surface area contributed by atoms with Gasteiger partial charge in [-0.2, -0.15) is 5.10 Å². The maximum atomic E-state index is 10.1. The fourth-order valence-electron chi connectivity index (χ4n) is 4.31. The van der Waals surface area contributed by atoms with Gasteiger partial charge in [-0.05, 0) is 58.4 Å². The second kappa shape index (κ2) is 11.7. The molecule has 3 heterocycles. The van der Waals surface area contributed by atoms with Gasteiger partial charge in [0.15, 0.2) is 5.65 Å². The lowest BCUT2D eigenvalue weighted by molar-refractivity contribution is 0.108. The number of benzene rings is 1. The van der Waals surface area contributed by atoms with Gasteiger partial charge in [-0.3, -0.25) is 0 Å². The molecule has 3 aromatic rings. The van der Waals surface area contributed by atoms with E-state index >= 15 is 0 Å². The van der Waals surface area contributed by atoms with Crippen LogP contribution in [0.3, 0.4) is 0 Å². The molecule has 1 saturated heterocycles. The number of aliphatic hydroxyl groups excluding tert-OH is 1. The van der Waals surface area contributed by atoms with E-state index in [9.17, 15) is 5.11 Å². The van der Waals surface area contributed by atoms with Crippen LogP contribution < -0.4 is 20.1 Å². The molecule has 0 saturated carbocycles. The minimum absolute atomic E-state index is 0.169. The van der Waals surface area contributed by atoms with Crippen LogP contribution in [0.4, 0.5) is 5.69 Å². The van der Waals surface area contributed by atoms with E-state index in [1.165, 1.54) is 0 Å². The Morgan fingerprint density at radius 3 is 2.80 bits per heavy atom. The second-order valence-electron chi connectivity index (χ2n) is 9.31. The van der Waals surface area contributed by atoms with Crippen molar-refractivity contribution in [3.8, 4) is 22.8 Å². The minimum atomic E-state index is -0.609. The number of likely N-dealkylation sites (N-methyl/N-ethyl adjacent to an activating group) is 1. The highest BCUT2D eigenvalue weighted by atomic mass is 16.5. The predicted molar refractivity (Wildman–Crippen MR) is 137 cm³/mol. The van der Waals surface area contributed by atoms with Crippen LogP contribution >= 0.6 is 0 Å². The van der Waals surface area contributed by atoms with E-state index in [-0.39, 0.29) is 18.7 Å². The van der Waals surface area contributed by atoms with Crippen molar-refractivity contribution >= 4 is 16.7 Å². The number of pyridine rings is 1. The predicted octanol–water partition coefficient (Wildman–Crippen LogP) is 3.63. The average molecular weight is 484 g/mol. The molecule has 1 aliphatic rings. The van der Waals surface area contributed by atoms with Crippen molar-refractivity contribution in [3.63, 3.8) is 0 Å². The number of fused-ring (bicyclic) bond motifs is 1. The van der Waals surface area contributed by atoms with E-state index in [0.29, 0.717) is 24.7 Å². The Bertz CT molecular complexity index is 1110. The molecule has 0 radical (unpaired) electrons. The molecule has 0 bridgehead atoms. The van der Waals surface area contributed by atoms with Crippen LogP contribution in [0.5, 0.6) is 11.5 Å². The van der Waals surface area contributed by atoms with E-state index < -0.39 is 6.10 Å². The molecule has 35 heavy (non-hydrogen) atoms. The van der Waals surface area contributed by atoms with Crippen molar-refractivity contribution in [2.75, 3.05) is 45.8 Å². The number of ether oxygens (including phenoxy) is 3. The molecule has 0 aliphatic carbocycles. The first-order valence-corrected chi connectivity index (χ1v) is 12.4. The van der Waals surface area contributed by atoms with Crippen LogP contribution in [0.15, 0.2) is 30.5 Å². The van der Waals surface area contributed by atoms with Gasteiger partial charge < -0.3 is 30.0 Å². The first-order chi connectivity index (χ1) is 17.0. The van der Waals surface area contributed by atoms with Crippen molar-refractivity contribution < 1.29 is 19.3 Å². The third-order valence-corrected chi connectivity index (χ3v) is 6.12. The van der Waals surface area contributed by atoms with Gasteiger partial charge in [-0.1, -0.05) is 0 Å². The molecule has 2 unspecified atom stereocenters. The Morgan fingerprint density at radius 2 is 2.03 bits per heavy atom. The van der Waals surface area contributed by atoms with Crippen molar-refractivity contribution in [2.24, 2.45) is 0 Å². The van der Waals surface area contributed by atoms with Gasteiger partial charge in [0.1, 0.15) is 24.2 Å². The molecule has 1 aliphatic heterocycles. The number of aliphatic hydroxyl groups is 1. The van der Waals surface area contributed by atoms with Crippen LogP contribution in [0.1, 0.15) is 39.2 Å². The lowest BCUT2D eigenvalue weighted by atomic mass is 10.1. The molecular weight excluding hydrogens is 446 g/mol. The van der Waals surface area contributed by atoms with Gasteiger partial charge in [-0.25, -0.2) is 9.67 Å². The summed E-state index contributed by atoms with van der Waals surface area (Å²) < 4.78 is 19.2. The number of hydrogen-bond acceptors (Lipinski definition) is 8. The summed E-state index contributed by atoms with van der Waals surface area (Å²) in [4.78, 5) is 5.00. The molecule has 190 valence electrons. The van der Waals surface area contributed by atoms with Gasteiger partial charge in [0.25, 0.3) is 0 Å². The molecule has 9 nitrogen and oxygen atoms in total. The number of nitrogens with zero attached hydrogens (tertiary/aromatic N) is 3. The summed E-state index contributed by atoms with van der Waals surface area (Å²) in [6, 6.07) is 8.15. The third kappa shape index (κ3) is 6.22.